The number of aromatic nitrogens is 9. The second-order valence-electron chi connectivity index (χ2n) is 30.5. The number of aliphatic hydroxyl groups excluding tert-OH is 2. The van der Waals surface area contributed by atoms with Crippen LogP contribution in [-0.2, 0) is 91.0 Å². The molecule has 6 amide bonds. The number of carbonyl (C=O) groups excluding carboxylic acids is 6. The van der Waals surface area contributed by atoms with Gasteiger partial charge in [0.1, 0.15) is 46.5 Å². The highest BCUT2D eigenvalue weighted by Gasteiger charge is 2.38. The summed E-state index contributed by atoms with van der Waals surface area (Å²) in [5.41, 5.74) is 25.8. The third-order valence-electron chi connectivity index (χ3n) is 21.8. The average molecular weight is 1830 g/mol. The van der Waals surface area contributed by atoms with E-state index in [9.17, 15) is 91.7 Å². The molecule has 11 heterocycles. The first-order chi connectivity index (χ1) is 62.9. The van der Waals surface area contributed by atoms with Crippen molar-refractivity contribution in [3.8, 4) is 44.9 Å². The van der Waals surface area contributed by atoms with Gasteiger partial charge in [-0.2, -0.15) is 62.7 Å². The number of nitrogens with zero attached hydrogens (tertiary/aromatic N) is 13. The Bertz CT molecular complexity index is 6200. The first kappa shape index (κ1) is 94.3. The number of aliphatic hydroxyl groups is 2. The highest BCUT2D eigenvalue weighted by molar-refractivity contribution is 5.93. The van der Waals surface area contributed by atoms with Crippen LogP contribution < -0.4 is 63.4 Å². The molecule has 0 saturated heterocycles. The van der Waals surface area contributed by atoms with Crippen LogP contribution in [0.3, 0.4) is 0 Å². The standard InChI is InChI=1S/C24H22F3N3O3.2C23H22F3N7O2.C21H17F3N4O/c25-24(26,27)17-9-7-15(8-10-17)18-4-1-3-16-13-30(12-11-19(16)18)21-6-2-5-20(29-21)22(32)23(33)28-14-31;1-13(29-12-34)30-19-10-18(21(27)35)31-22(32-19)33-9-7-15-14(11-33)4-2-5-16(15)20-17(23(24,25)26)6-3-8-28-20;1-13(29-12-34)30-20-9-19(21(27)35)31-22(32-20)33-8-7-16-14(11-33)3-2-4-17(16)18-6-5-15(10-28-18)23(24,25)26;22-21(23,24)14-7-8-17(26-11-14)16-4-1-3-13-12-28(10-9-15(13)16)19-6-2-5-18(27-19)20(25)29/h1-10,14,22-23,32-33H,11-13H2,(H,28,31);2-6,8,10,12-13H,7,9,11H2,1H3,(H2,27,35)(H,29,34)(H,30,31,32);2-6,9-10,12-13H,7-8,11H2,1H3,(H2,27,35)(H,29,34)(H,30,31,32);1-8,11H,9-10,12H2,(H2,25,29)/t22-,23+;2*13-;/m000./s1. The Labute approximate surface area is 745 Å². The molecule has 13 N–H and O–H groups in total. The van der Waals surface area contributed by atoms with Crippen molar-refractivity contribution in [1.82, 2.24) is 60.8 Å². The van der Waals surface area contributed by atoms with E-state index in [1.165, 1.54) is 48.7 Å². The summed E-state index contributed by atoms with van der Waals surface area (Å²) in [4.78, 5) is 113. The van der Waals surface area contributed by atoms with Gasteiger partial charge in [-0.25, -0.2) is 19.9 Å². The number of nitrogens with two attached hydrogens (primary N) is 3. The molecule has 684 valence electrons. The van der Waals surface area contributed by atoms with Crippen LogP contribution in [0.4, 0.5) is 87.9 Å². The summed E-state index contributed by atoms with van der Waals surface area (Å²) >= 11 is 0. The van der Waals surface area contributed by atoms with Crippen LogP contribution in [0.2, 0.25) is 0 Å². The van der Waals surface area contributed by atoms with E-state index in [1.54, 1.807) is 56.3 Å². The number of alkyl halides is 12. The number of benzene rings is 5. The number of hydrogen-bond acceptors (Lipinski definition) is 23. The molecule has 0 bridgehead atoms. The largest absolute Gasteiger partial charge is 0.418 e. The van der Waals surface area contributed by atoms with Gasteiger partial charge in [0, 0.05) is 99.8 Å². The zero-order chi connectivity index (χ0) is 94.5. The quantitative estimate of drug-likeness (QED) is 0.0161. The number of pyridine rings is 5. The molecule has 0 aliphatic carbocycles. The van der Waals surface area contributed by atoms with Gasteiger partial charge in [-0.3, -0.25) is 43.7 Å². The smallest absolute Gasteiger partial charge is 0.382 e. The molecule has 4 atom stereocenters. The Morgan fingerprint density at radius 3 is 1.22 bits per heavy atom. The van der Waals surface area contributed by atoms with E-state index < -0.39 is 89.3 Å². The van der Waals surface area contributed by atoms with E-state index in [2.05, 4.69) is 71.4 Å². The molecule has 0 saturated carbocycles. The van der Waals surface area contributed by atoms with E-state index >= 15 is 0 Å². The van der Waals surface area contributed by atoms with Crippen LogP contribution in [0.15, 0.2) is 201 Å². The topological polar surface area (TPSA) is 410 Å². The van der Waals surface area contributed by atoms with Gasteiger partial charge in [-0.05, 0) is 168 Å². The Kier molecular flexibility index (Phi) is 29.0. The first-order valence-corrected chi connectivity index (χ1v) is 40.7. The third-order valence-corrected chi connectivity index (χ3v) is 21.8. The van der Waals surface area contributed by atoms with Crippen LogP contribution in [0, 0.1) is 0 Å². The van der Waals surface area contributed by atoms with E-state index in [0.29, 0.717) is 132 Å². The maximum absolute atomic E-state index is 13.6. The van der Waals surface area contributed by atoms with Crippen molar-refractivity contribution in [1.29, 1.82) is 0 Å². The number of primary amides is 3. The highest BCUT2D eigenvalue weighted by atomic mass is 19.4. The summed E-state index contributed by atoms with van der Waals surface area (Å²) in [5, 5.41) is 33.1. The molecule has 5 aromatic carbocycles. The van der Waals surface area contributed by atoms with E-state index in [-0.39, 0.29) is 46.2 Å². The molecule has 4 aliphatic rings. The average Bonchev–Trinajstić information content (AvgIpc) is 0.781. The summed E-state index contributed by atoms with van der Waals surface area (Å²) in [7, 11) is 0. The van der Waals surface area contributed by atoms with Crippen molar-refractivity contribution in [2.24, 2.45) is 17.2 Å². The molecular formula is C91H83F12N21O8. The lowest BCUT2D eigenvalue weighted by molar-refractivity contribution is -0.138. The second kappa shape index (κ2) is 40.6. The van der Waals surface area contributed by atoms with Crippen LogP contribution >= 0.6 is 0 Å². The van der Waals surface area contributed by atoms with Gasteiger partial charge in [-0.1, -0.05) is 97.1 Å². The molecule has 29 nitrogen and oxygen atoms in total. The molecule has 0 spiro atoms. The molecule has 16 rings (SSSR count). The van der Waals surface area contributed by atoms with Gasteiger partial charge in [0.15, 0.2) is 6.23 Å². The molecule has 0 unspecified atom stereocenters. The van der Waals surface area contributed by atoms with Crippen molar-refractivity contribution in [2.75, 3.05) is 56.4 Å². The fourth-order valence-corrected chi connectivity index (χ4v) is 15.4. The van der Waals surface area contributed by atoms with Crippen LogP contribution in [-0.4, -0.2) is 137 Å². The minimum Gasteiger partial charge on any atom is -0.382 e. The van der Waals surface area contributed by atoms with E-state index in [0.717, 1.165) is 109 Å². The molecular weight excluding hydrogens is 1740 g/mol. The minimum atomic E-state index is -4.53. The van der Waals surface area contributed by atoms with Gasteiger partial charge >= 0.3 is 24.7 Å². The summed E-state index contributed by atoms with van der Waals surface area (Å²) in [6, 6.07) is 47.5. The predicted molar refractivity (Wildman–Crippen MR) is 463 cm³/mol. The highest BCUT2D eigenvalue weighted by Crippen LogP contribution is 2.42. The lowest BCUT2D eigenvalue weighted by Crippen LogP contribution is -2.35. The number of hydrogen-bond donors (Lipinski definition) is 10. The number of halogens is 12. The van der Waals surface area contributed by atoms with E-state index in [4.69, 9.17) is 17.2 Å². The molecule has 0 fully saturated rings. The molecule has 0 radical (unpaired) electrons. The summed E-state index contributed by atoms with van der Waals surface area (Å²) in [5.74, 6) is 0.328. The Morgan fingerprint density at radius 1 is 0.402 bits per heavy atom. The summed E-state index contributed by atoms with van der Waals surface area (Å²) in [6.07, 6.45) is -14.8. The first-order valence-electron chi connectivity index (χ1n) is 40.7. The fraction of sp³-hybridized carbons (Fsp3) is 0.242. The number of anilines is 6. The van der Waals surface area contributed by atoms with E-state index in [1.807, 2.05) is 86.3 Å². The normalized spacial score (nSPS) is 14.4. The number of fused-ring (bicyclic) bond motifs is 4. The maximum Gasteiger partial charge on any atom is 0.418 e. The predicted octanol–water partition coefficient (Wildman–Crippen LogP) is 12.7. The van der Waals surface area contributed by atoms with Gasteiger partial charge in [0.05, 0.1) is 57.4 Å². The SMILES string of the molecule is C[C@@H](NC=O)Nc1cc(C(N)=O)nc(N2CCc3c(cccc3-c3ccc(C(F)(F)F)cn3)C2)n1.C[C@@H](NC=O)Nc1cc(C(N)=O)nc(N2CCc3c(cccc3-c3ncccc3C(F)(F)F)C2)n1.NC(=O)c1cccc(N2CCc3c(cccc3-c3ccc(C(F)(F)F)cn3)C2)n1.O=CN[C@H](O)[C@@H](O)c1cccc(N2CCc3c(cccc3-c3ccc(C(F)(F)F)cc3)C2)n1. The van der Waals surface area contributed by atoms with Crippen LogP contribution in [0.1, 0.15) is 124 Å². The van der Waals surface area contributed by atoms with Gasteiger partial charge < -0.3 is 73.6 Å². The number of amides is 6. The molecule has 7 aromatic heterocycles. The zero-order valence-electron chi connectivity index (χ0n) is 70.0. The van der Waals surface area contributed by atoms with Gasteiger partial charge in [0.2, 0.25) is 31.1 Å². The lowest BCUT2D eigenvalue weighted by atomic mass is 9.90. The Morgan fingerprint density at radius 2 is 0.795 bits per heavy atom. The van der Waals surface area contributed by atoms with Crippen molar-refractivity contribution >= 4 is 72.1 Å². The number of carbonyl (C=O) groups is 6. The molecule has 4 aliphatic heterocycles. The van der Waals surface area contributed by atoms with Crippen molar-refractivity contribution < 1.29 is 91.7 Å². The Hall–Kier alpha value is -15.3. The van der Waals surface area contributed by atoms with Crippen molar-refractivity contribution in [2.45, 2.75) is 115 Å². The van der Waals surface area contributed by atoms with Crippen LogP contribution in [0.5, 0.6) is 0 Å². The molecule has 132 heavy (non-hydrogen) atoms. The van der Waals surface area contributed by atoms with Crippen molar-refractivity contribution in [3.63, 3.8) is 0 Å². The van der Waals surface area contributed by atoms with Gasteiger partial charge in [-0.15, -0.1) is 0 Å². The summed E-state index contributed by atoms with van der Waals surface area (Å²) < 4.78 is 157. The van der Waals surface area contributed by atoms with Crippen molar-refractivity contribution in [3.05, 3.63) is 290 Å². The number of nitrogens with one attached hydrogen (secondary N) is 5. The zero-order valence-corrected chi connectivity index (χ0v) is 70.0. The minimum absolute atomic E-state index is 0.0151. The maximum atomic E-state index is 13.6. The number of rotatable bonds is 23. The van der Waals surface area contributed by atoms with Crippen LogP contribution in [0.25, 0.3) is 44.9 Å². The van der Waals surface area contributed by atoms with Gasteiger partial charge in [0.25, 0.3) is 17.7 Å². The fourth-order valence-electron chi connectivity index (χ4n) is 15.4. The molecule has 41 heteroatoms. The molecule has 12 aromatic rings. The third kappa shape index (κ3) is 22.9. The summed E-state index contributed by atoms with van der Waals surface area (Å²) in [6.45, 7) is 7.36. The monoisotopic (exact) mass is 1830 g/mol. The second-order valence-corrected chi connectivity index (χ2v) is 30.5. The lowest BCUT2D eigenvalue weighted by Gasteiger charge is -2.31. The Balaban J connectivity index is 0.000000150.